The molecule has 1 amide bonds. The van der Waals surface area contributed by atoms with Gasteiger partial charge in [-0.25, -0.2) is 9.97 Å². The summed E-state index contributed by atoms with van der Waals surface area (Å²) in [5.74, 6) is 1.87. The highest BCUT2D eigenvalue weighted by Gasteiger charge is 2.20. The summed E-state index contributed by atoms with van der Waals surface area (Å²) in [5, 5.41) is 6.89. The molecule has 3 heterocycles. The van der Waals surface area contributed by atoms with Gasteiger partial charge in [0.1, 0.15) is 0 Å². The molecule has 1 saturated heterocycles. The first kappa shape index (κ1) is 19.0. The van der Waals surface area contributed by atoms with Crippen molar-refractivity contribution in [2.24, 2.45) is 0 Å². The predicted octanol–water partition coefficient (Wildman–Crippen LogP) is 1.27. The van der Waals surface area contributed by atoms with E-state index in [-0.39, 0.29) is 5.91 Å². The van der Waals surface area contributed by atoms with E-state index in [0.29, 0.717) is 24.8 Å². The Balaban J connectivity index is 1.21. The van der Waals surface area contributed by atoms with Gasteiger partial charge in [-0.15, -0.1) is 0 Å². The maximum Gasteiger partial charge on any atom is 0.234 e. The van der Waals surface area contributed by atoms with E-state index in [1.807, 2.05) is 30.3 Å². The second kappa shape index (κ2) is 8.78. The summed E-state index contributed by atoms with van der Waals surface area (Å²) in [6.07, 6.45) is 3.50. The van der Waals surface area contributed by atoms with Crippen LogP contribution in [0, 0.1) is 6.92 Å². The maximum absolute atomic E-state index is 12.3. The molecular formula is C20H23N7O2. The molecule has 9 heteroatoms. The molecule has 1 aromatic carbocycles. The van der Waals surface area contributed by atoms with Crippen molar-refractivity contribution < 1.29 is 9.32 Å². The van der Waals surface area contributed by atoms with Crippen LogP contribution in [0.3, 0.4) is 0 Å². The fourth-order valence-electron chi connectivity index (χ4n) is 3.21. The molecule has 0 unspecified atom stereocenters. The molecule has 0 aliphatic carbocycles. The van der Waals surface area contributed by atoms with Gasteiger partial charge < -0.3 is 14.7 Å². The average molecular weight is 393 g/mol. The van der Waals surface area contributed by atoms with E-state index in [2.05, 4.69) is 35.2 Å². The van der Waals surface area contributed by atoms with Gasteiger partial charge >= 0.3 is 0 Å². The Bertz CT molecular complexity index is 935. The molecule has 29 heavy (non-hydrogen) atoms. The number of carbonyl (C=O) groups is 1. The van der Waals surface area contributed by atoms with Gasteiger partial charge in [0.05, 0.1) is 6.54 Å². The lowest BCUT2D eigenvalue weighted by atomic mass is 10.1. The van der Waals surface area contributed by atoms with Gasteiger partial charge in [-0.3, -0.25) is 9.69 Å². The Morgan fingerprint density at radius 1 is 1.10 bits per heavy atom. The maximum atomic E-state index is 12.3. The number of aryl methyl sites for hydroxylation is 1. The Hall–Kier alpha value is -3.33. The number of hydrogen-bond donors (Lipinski definition) is 1. The number of hydrogen-bond acceptors (Lipinski definition) is 8. The largest absolute Gasteiger partial charge is 0.351 e. The van der Waals surface area contributed by atoms with Gasteiger partial charge in [0.2, 0.25) is 23.6 Å². The highest BCUT2D eigenvalue weighted by Crippen LogP contribution is 2.16. The van der Waals surface area contributed by atoms with Gasteiger partial charge in [-0.05, 0) is 11.6 Å². The van der Waals surface area contributed by atoms with E-state index in [0.717, 1.165) is 43.3 Å². The van der Waals surface area contributed by atoms with E-state index < -0.39 is 0 Å². The van der Waals surface area contributed by atoms with Crippen molar-refractivity contribution in [1.82, 2.24) is 30.3 Å². The Morgan fingerprint density at radius 2 is 1.83 bits per heavy atom. The van der Waals surface area contributed by atoms with Crippen LogP contribution in [-0.2, 0) is 11.3 Å². The topological polar surface area (TPSA) is 100 Å². The lowest BCUT2D eigenvalue weighted by molar-refractivity contribution is -0.122. The van der Waals surface area contributed by atoms with Gasteiger partial charge in [0.15, 0.2) is 0 Å². The SMILES string of the molecule is Cc1nc(-c2ccc(CNC(=O)CN3CCN(c4ncccn4)CC3)cc2)no1. The third-order valence-corrected chi connectivity index (χ3v) is 4.80. The van der Waals surface area contributed by atoms with Crippen LogP contribution in [0.1, 0.15) is 11.5 Å². The van der Waals surface area contributed by atoms with E-state index >= 15 is 0 Å². The molecule has 0 saturated carbocycles. The second-order valence-corrected chi connectivity index (χ2v) is 6.92. The highest BCUT2D eigenvalue weighted by molar-refractivity contribution is 5.78. The Morgan fingerprint density at radius 3 is 2.48 bits per heavy atom. The van der Waals surface area contributed by atoms with Crippen LogP contribution >= 0.6 is 0 Å². The van der Waals surface area contributed by atoms with Crippen molar-refractivity contribution in [3.8, 4) is 11.4 Å². The van der Waals surface area contributed by atoms with E-state index in [1.54, 1.807) is 19.3 Å². The molecule has 0 atom stereocenters. The standard InChI is InChI=1S/C20H23N7O2/c1-15-24-19(25-29-15)17-5-3-16(4-6-17)13-23-18(28)14-26-9-11-27(12-10-26)20-21-7-2-8-22-20/h2-8H,9-14H2,1H3,(H,23,28). The fraction of sp³-hybridized carbons (Fsp3) is 0.350. The number of anilines is 1. The van der Waals surface area contributed by atoms with E-state index in [4.69, 9.17) is 4.52 Å². The minimum absolute atomic E-state index is 0.0206. The summed E-state index contributed by atoms with van der Waals surface area (Å²) >= 11 is 0. The summed E-state index contributed by atoms with van der Waals surface area (Å²) in [7, 11) is 0. The summed E-state index contributed by atoms with van der Waals surface area (Å²) in [6, 6.07) is 9.58. The third-order valence-electron chi connectivity index (χ3n) is 4.80. The average Bonchev–Trinajstić information content (AvgIpc) is 3.20. The number of benzene rings is 1. The lowest BCUT2D eigenvalue weighted by Crippen LogP contribution is -2.49. The molecular weight excluding hydrogens is 370 g/mol. The molecule has 1 aliphatic rings. The minimum atomic E-state index is 0.0206. The van der Waals surface area contributed by atoms with Gasteiger partial charge in [-0.1, -0.05) is 29.4 Å². The summed E-state index contributed by atoms with van der Waals surface area (Å²) in [6.45, 7) is 5.89. The van der Waals surface area contributed by atoms with Crippen molar-refractivity contribution >= 4 is 11.9 Å². The molecule has 1 N–H and O–H groups in total. The fourth-order valence-corrected chi connectivity index (χ4v) is 3.21. The first-order valence-electron chi connectivity index (χ1n) is 9.58. The van der Waals surface area contributed by atoms with Gasteiger partial charge in [0, 0.05) is 57.6 Å². The third kappa shape index (κ3) is 4.94. The molecule has 4 rings (SSSR count). The predicted molar refractivity (Wildman–Crippen MR) is 107 cm³/mol. The van der Waals surface area contributed by atoms with Gasteiger partial charge in [-0.2, -0.15) is 4.98 Å². The molecule has 1 aliphatic heterocycles. The zero-order valence-electron chi connectivity index (χ0n) is 16.3. The zero-order valence-corrected chi connectivity index (χ0v) is 16.3. The highest BCUT2D eigenvalue weighted by atomic mass is 16.5. The van der Waals surface area contributed by atoms with E-state index in [9.17, 15) is 4.79 Å². The van der Waals surface area contributed by atoms with Crippen LogP contribution in [0.5, 0.6) is 0 Å². The number of nitrogens with one attached hydrogen (secondary N) is 1. The van der Waals surface area contributed by atoms with Crippen molar-refractivity contribution in [2.45, 2.75) is 13.5 Å². The van der Waals surface area contributed by atoms with Crippen LogP contribution in [0.25, 0.3) is 11.4 Å². The quantitative estimate of drug-likeness (QED) is 0.668. The number of nitrogens with zero attached hydrogens (tertiary/aromatic N) is 6. The smallest absolute Gasteiger partial charge is 0.234 e. The molecule has 2 aromatic heterocycles. The molecule has 3 aromatic rings. The van der Waals surface area contributed by atoms with Crippen LogP contribution < -0.4 is 10.2 Å². The molecule has 150 valence electrons. The number of carbonyl (C=O) groups excluding carboxylic acids is 1. The first-order chi connectivity index (χ1) is 14.2. The Labute approximate surface area is 168 Å². The molecule has 9 nitrogen and oxygen atoms in total. The summed E-state index contributed by atoms with van der Waals surface area (Å²) in [4.78, 5) is 29.4. The summed E-state index contributed by atoms with van der Waals surface area (Å²) < 4.78 is 5.00. The van der Waals surface area contributed by atoms with Crippen molar-refractivity contribution in [3.05, 3.63) is 54.2 Å². The number of aromatic nitrogens is 4. The van der Waals surface area contributed by atoms with Crippen LogP contribution in [0.4, 0.5) is 5.95 Å². The van der Waals surface area contributed by atoms with Crippen molar-refractivity contribution in [2.75, 3.05) is 37.6 Å². The normalized spacial score (nSPS) is 14.7. The first-order valence-corrected chi connectivity index (χ1v) is 9.58. The molecule has 1 fully saturated rings. The number of rotatable bonds is 6. The number of piperazine rings is 1. The monoisotopic (exact) mass is 393 g/mol. The van der Waals surface area contributed by atoms with Crippen LogP contribution in [0.15, 0.2) is 47.2 Å². The van der Waals surface area contributed by atoms with Crippen LogP contribution in [-0.4, -0.2) is 63.6 Å². The lowest BCUT2D eigenvalue weighted by Gasteiger charge is -2.34. The second-order valence-electron chi connectivity index (χ2n) is 6.92. The minimum Gasteiger partial charge on any atom is -0.351 e. The Kier molecular flexibility index (Phi) is 5.76. The van der Waals surface area contributed by atoms with Gasteiger partial charge in [0.25, 0.3) is 0 Å². The summed E-state index contributed by atoms with van der Waals surface area (Å²) in [5.41, 5.74) is 1.91. The molecule has 0 radical (unpaired) electrons. The molecule has 0 spiro atoms. The molecule has 0 bridgehead atoms. The van der Waals surface area contributed by atoms with Crippen LogP contribution in [0.2, 0.25) is 0 Å². The zero-order chi connectivity index (χ0) is 20.1. The van der Waals surface area contributed by atoms with Crippen molar-refractivity contribution in [1.29, 1.82) is 0 Å². The van der Waals surface area contributed by atoms with E-state index in [1.165, 1.54) is 0 Å². The number of amides is 1. The van der Waals surface area contributed by atoms with Crippen molar-refractivity contribution in [3.63, 3.8) is 0 Å².